The van der Waals surface area contributed by atoms with Gasteiger partial charge in [-0.25, -0.2) is 15.4 Å². The molecule has 0 atom stereocenters. The van der Waals surface area contributed by atoms with Gasteiger partial charge in [-0.1, -0.05) is 12.1 Å². The summed E-state index contributed by atoms with van der Waals surface area (Å²) in [7, 11) is 0. The molecule has 3 aliphatic heterocycles. The number of halogens is 1. The maximum atomic E-state index is 11.3. The molecule has 5 rings (SSSR count). The van der Waals surface area contributed by atoms with E-state index < -0.39 is 5.91 Å². The van der Waals surface area contributed by atoms with Crippen LogP contribution in [0.25, 0.3) is 0 Å². The summed E-state index contributed by atoms with van der Waals surface area (Å²) in [4.78, 5) is 24.4. The van der Waals surface area contributed by atoms with Gasteiger partial charge in [-0.3, -0.25) is 14.9 Å². The number of hydrogen-bond acceptors (Lipinski definition) is 7. The first-order valence-electron chi connectivity index (χ1n) is 9.13. The largest absolute Gasteiger partial charge is 0.493 e. The molecule has 2 fully saturated rings. The van der Waals surface area contributed by atoms with Crippen molar-refractivity contribution in [2.75, 3.05) is 37.7 Å². The van der Waals surface area contributed by atoms with Crippen LogP contribution >= 0.6 is 12.4 Å². The highest BCUT2D eigenvalue weighted by molar-refractivity contribution is 5.92. The van der Waals surface area contributed by atoms with E-state index in [1.165, 1.54) is 23.5 Å². The summed E-state index contributed by atoms with van der Waals surface area (Å²) in [6.45, 7) is 5.83. The lowest BCUT2D eigenvalue weighted by atomic mass is 9.73. The lowest BCUT2D eigenvalue weighted by molar-refractivity contribution is -0.0280. The molecule has 0 saturated carbocycles. The van der Waals surface area contributed by atoms with Gasteiger partial charge in [0.25, 0.3) is 5.91 Å². The van der Waals surface area contributed by atoms with E-state index in [4.69, 9.17) is 9.94 Å². The van der Waals surface area contributed by atoms with Crippen molar-refractivity contribution < 1.29 is 14.7 Å². The average molecular weight is 404 g/mol. The fraction of sp³-hybridized carbons (Fsp3) is 0.421. The number of hydrogen-bond donors (Lipinski definition) is 2. The summed E-state index contributed by atoms with van der Waals surface area (Å²) in [5.41, 5.74) is 4.84. The molecule has 28 heavy (non-hydrogen) atoms. The Labute approximate surface area is 168 Å². The van der Waals surface area contributed by atoms with Crippen molar-refractivity contribution in [2.24, 2.45) is 5.41 Å². The number of carbonyl (C=O) groups is 1. The number of rotatable bonds is 4. The molecule has 148 valence electrons. The third-order valence-electron chi connectivity index (χ3n) is 5.62. The molecule has 0 bridgehead atoms. The van der Waals surface area contributed by atoms with Crippen LogP contribution in [0.5, 0.6) is 5.75 Å². The van der Waals surface area contributed by atoms with Gasteiger partial charge in [0.2, 0.25) is 5.95 Å². The number of amides is 1. The number of anilines is 1. The Hall–Kier alpha value is -2.42. The van der Waals surface area contributed by atoms with Crippen molar-refractivity contribution >= 4 is 24.3 Å². The quantitative estimate of drug-likeness (QED) is 0.587. The van der Waals surface area contributed by atoms with Gasteiger partial charge in [0.15, 0.2) is 0 Å². The number of likely N-dealkylation sites (tertiary alicyclic amines) is 1. The molecule has 1 aromatic carbocycles. The summed E-state index contributed by atoms with van der Waals surface area (Å²) in [5, 5.41) is 8.63. The van der Waals surface area contributed by atoms with E-state index in [2.05, 4.69) is 38.0 Å². The first-order chi connectivity index (χ1) is 13.1. The van der Waals surface area contributed by atoms with Crippen LogP contribution in [0.2, 0.25) is 0 Å². The minimum absolute atomic E-state index is 0. The van der Waals surface area contributed by atoms with Gasteiger partial charge >= 0.3 is 0 Å². The predicted octanol–water partition coefficient (Wildman–Crippen LogP) is 1.27. The second kappa shape index (κ2) is 7.20. The lowest BCUT2D eigenvalue weighted by Gasteiger charge is -2.60. The van der Waals surface area contributed by atoms with Gasteiger partial charge in [0, 0.05) is 57.0 Å². The first-order valence-corrected chi connectivity index (χ1v) is 9.13. The molecular formula is C19H22ClN5O3. The second-order valence-electron chi connectivity index (χ2n) is 7.75. The Morgan fingerprint density at radius 3 is 2.68 bits per heavy atom. The molecule has 9 heteroatoms. The summed E-state index contributed by atoms with van der Waals surface area (Å²) in [5.74, 6) is 1.07. The Balaban J connectivity index is 0.00000192. The molecule has 8 nitrogen and oxygen atoms in total. The fourth-order valence-corrected chi connectivity index (χ4v) is 4.38. The number of hydroxylamine groups is 1. The van der Waals surface area contributed by atoms with Crippen molar-refractivity contribution in [1.82, 2.24) is 20.3 Å². The van der Waals surface area contributed by atoms with Gasteiger partial charge in [-0.2, -0.15) is 0 Å². The normalized spacial score (nSPS) is 19.1. The van der Waals surface area contributed by atoms with E-state index in [0.717, 1.165) is 51.5 Å². The van der Waals surface area contributed by atoms with Crippen LogP contribution in [0.1, 0.15) is 21.5 Å². The number of aromatic nitrogens is 2. The van der Waals surface area contributed by atoms with E-state index in [-0.39, 0.29) is 18.0 Å². The smallest absolute Gasteiger partial charge is 0.277 e. The third kappa shape index (κ3) is 3.28. The van der Waals surface area contributed by atoms with Crippen molar-refractivity contribution in [1.29, 1.82) is 0 Å². The van der Waals surface area contributed by atoms with Crippen molar-refractivity contribution in [2.45, 2.75) is 13.0 Å². The molecule has 4 heterocycles. The molecule has 3 aliphatic rings. The maximum Gasteiger partial charge on any atom is 0.277 e. The van der Waals surface area contributed by atoms with E-state index in [1.807, 2.05) is 0 Å². The van der Waals surface area contributed by atoms with E-state index in [0.29, 0.717) is 11.4 Å². The lowest BCUT2D eigenvalue weighted by Crippen LogP contribution is -2.72. The van der Waals surface area contributed by atoms with Crippen LogP contribution in [0.15, 0.2) is 30.6 Å². The van der Waals surface area contributed by atoms with Gasteiger partial charge in [0.05, 0.1) is 12.2 Å². The predicted molar refractivity (Wildman–Crippen MR) is 104 cm³/mol. The molecule has 2 saturated heterocycles. The van der Waals surface area contributed by atoms with Crippen molar-refractivity contribution in [3.63, 3.8) is 0 Å². The highest BCUT2D eigenvalue weighted by atomic mass is 35.5. The van der Waals surface area contributed by atoms with Crippen molar-refractivity contribution in [3.8, 4) is 5.75 Å². The first kappa shape index (κ1) is 18.9. The summed E-state index contributed by atoms with van der Waals surface area (Å²) < 4.78 is 5.57. The number of ether oxygens (including phenoxy) is 1. The number of nitrogens with one attached hydrogen (secondary N) is 1. The molecule has 0 aliphatic carbocycles. The highest BCUT2D eigenvalue weighted by Gasteiger charge is 2.52. The summed E-state index contributed by atoms with van der Waals surface area (Å²) >= 11 is 0. The van der Waals surface area contributed by atoms with Crippen LogP contribution in [0, 0.1) is 5.41 Å². The molecule has 1 aromatic heterocycles. The molecule has 1 spiro atoms. The van der Waals surface area contributed by atoms with Gasteiger partial charge in [0.1, 0.15) is 5.75 Å². The standard InChI is InChI=1S/C19H21N5O3.ClH/c25-17(22-26)15-6-20-18(21-7-15)24-11-19(12-24)9-23(10-19)8-13-1-2-16-14(5-13)3-4-27-16;/h1-2,5-7,26H,3-4,8-12H2,(H,22,25);1H. The average Bonchev–Trinajstić information content (AvgIpc) is 3.10. The van der Waals surface area contributed by atoms with Crippen LogP contribution in [-0.4, -0.2) is 58.8 Å². The Morgan fingerprint density at radius 2 is 1.96 bits per heavy atom. The second-order valence-corrected chi connectivity index (χ2v) is 7.75. The van der Waals surface area contributed by atoms with Crippen LogP contribution in [0.4, 0.5) is 5.95 Å². The molecule has 2 N–H and O–H groups in total. The zero-order chi connectivity index (χ0) is 18.4. The molecular weight excluding hydrogens is 382 g/mol. The highest BCUT2D eigenvalue weighted by Crippen LogP contribution is 2.41. The van der Waals surface area contributed by atoms with Gasteiger partial charge in [-0.05, 0) is 17.2 Å². The van der Waals surface area contributed by atoms with Crippen LogP contribution in [0.3, 0.4) is 0 Å². The fourth-order valence-electron chi connectivity index (χ4n) is 4.38. The zero-order valence-electron chi connectivity index (χ0n) is 15.3. The molecule has 1 amide bonds. The summed E-state index contributed by atoms with van der Waals surface area (Å²) in [6, 6.07) is 6.54. The zero-order valence-corrected chi connectivity index (χ0v) is 16.1. The van der Waals surface area contributed by atoms with E-state index in [9.17, 15) is 4.79 Å². The minimum Gasteiger partial charge on any atom is -0.493 e. The van der Waals surface area contributed by atoms with Crippen LogP contribution < -0.4 is 15.1 Å². The topological polar surface area (TPSA) is 90.8 Å². The van der Waals surface area contributed by atoms with E-state index >= 15 is 0 Å². The molecule has 0 radical (unpaired) electrons. The van der Waals surface area contributed by atoms with E-state index in [1.54, 1.807) is 5.48 Å². The third-order valence-corrected chi connectivity index (χ3v) is 5.62. The van der Waals surface area contributed by atoms with Gasteiger partial charge in [-0.15, -0.1) is 12.4 Å². The Kier molecular flexibility index (Phi) is 4.86. The Bertz CT molecular complexity index is 878. The number of benzene rings is 1. The SMILES string of the molecule is Cl.O=C(NO)c1cnc(N2CC3(CN(Cc4ccc5c(c4)CCO5)C3)C2)nc1. The maximum absolute atomic E-state index is 11.3. The number of nitrogens with zero attached hydrogens (tertiary/aromatic N) is 4. The Morgan fingerprint density at radius 1 is 1.21 bits per heavy atom. The number of carbonyl (C=O) groups excluding carboxylic acids is 1. The molecule has 0 unspecified atom stereocenters. The van der Waals surface area contributed by atoms with Crippen molar-refractivity contribution in [3.05, 3.63) is 47.3 Å². The minimum atomic E-state index is -0.602. The number of fused-ring (bicyclic) bond motifs is 1. The molecule has 2 aromatic rings. The van der Waals surface area contributed by atoms with Gasteiger partial charge < -0.3 is 9.64 Å². The monoisotopic (exact) mass is 403 g/mol. The van der Waals surface area contributed by atoms with Crippen LogP contribution in [-0.2, 0) is 13.0 Å². The summed E-state index contributed by atoms with van der Waals surface area (Å²) in [6.07, 6.45) is 3.88.